The molecule has 2 heterocycles. The third kappa shape index (κ3) is 2.84. The number of piperazine rings is 1. The van der Waals surface area contributed by atoms with Gasteiger partial charge < -0.3 is 16.0 Å². The van der Waals surface area contributed by atoms with Crippen molar-refractivity contribution in [2.24, 2.45) is 5.73 Å². The van der Waals surface area contributed by atoms with Crippen LogP contribution in [-0.2, 0) is 6.54 Å². The molecule has 2 aliphatic heterocycles. The number of amides is 2. The Hall–Kier alpha value is -1.73. The quantitative estimate of drug-likeness (QED) is 0.806. The number of thiocarbonyl (C=S) groups is 1. The number of hydrogen-bond acceptors (Lipinski definition) is 3. The second-order valence-corrected chi connectivity index (χ2v) is 5.87. The zero-order valence-corrected chi connectivity index (χ0v) is 12.3. The van der Waals surface area contributed by atoms with Crippen LogP contribution in [0.4, 0.5) is 9.18 Å². The fraction of sp³-hybridized carbons (Fsp3) is 0.429. The summed E-state index contributed by atoms with van der Waals surface area (Å²) in [5, 5.41) is 2.84. The molecule has 1 aromatic carbocycles. The van der Waals surface area contributed by atoms with E-state index in [1.165, 1.54) is 12.1 Å². The van der Waals surface area contributed by atoms with E-state index in [1.807, 2.05) is 4.90 Å². The minimum Gasteiger partial charge on any atom is -0.389 e. The van der Waals surface area contributed by atoms with Gasteiger partial charge in [0.25, 0.3) is 0 Å². The normalized spacial score (nSPS) is 22.0. The Morgan fingerprint density at radius 3 is 3.05 bits per heavy atom. The summed E-state index contributed by atoms with van der Waals surface area (Å²) in [4.78, 5) is 15.9. The molecule has 2 amide bonds. The Kier molecular flexibility index (Phi) is 3.77. The Morgan fingerprint density at radius 1 is 1.48 bits per heavy atom. The zero-order chi connectivity index (χ0) is 15.0. The second-order valence-electron chi connectivity index (χ2n) is 5.43. The Labute approximate surface area is 127 Å². The molecule has 112 valence electrons. The number of nitrogens with one attached hydrogen (secondary N) is 1. The minimum atomic E-state index is -0.290. The van der Waals surface area contributed by atoms with Crippen LogP contribution in [-0.4, -0.2) is 53.0 Å². The van der Waals surface area contributed by atoms with Crippen LogP contribution in [0.3, 0.4) is 0 Å². The second kappa shape index (κ2) is 5.57. The summed E-state index contributed by atoms with van der Waals surface area (Å²) in [6.07, 6.45) is 0. The third-order valence-electron chi connectivity index (χ3n) is 4.04. The lowest BCUT2D eigenvalue weighted by atomic mass is 10.1. The molecule has 1 unspecified atom stereocenters. The molecule has 2 fully saturated rings. The van der Waals surface area contributed by atoms with E-state index in [4.69, 9.17) is 18.0 Å². The van der Waals surface area contributed by atoms with Crippen LogP contribution < -0.4 is 11.1 Å². The van der Waals surface area contributed by atoms with Crippen LogP contribution in [0.5, 0.6) is 0 Å². The number of rotatable bonds is 3. The van der Waals surface area contributed by atoms with Gasteiger partial charge >= 0.3 is 6.03 Å². The minimum absolute atomic E-state index is 0.00855. The van der Waals surface area contributed by atoms with Crippen molar-refractivity contribution in [1.82, 2.24) is 15.1 Å². The molecule has 0 radical (unpaired) electrons. The van der Waals surface area contributed by atoms with Crippen molar-refractivity contribution >= 4 is 23.2 Å². The average molecular weight is 308 g/mol. The van der Waals surface area contributed by atoms with Crippen molar-refractivity contribution in [1.29, 1.82) is 0 Å². The Bertz CT molecular complexity index is 594. The van der Waals surface area contributed by atoms with Gasteiger partial charge in [0.2, 0.25) is 0 Å². The van der Waals surface area contributed by atoms with E-state index in [2.05, 4.69) is 10.2 Å². The number of nitrogens with zero attached hydrogens (tertiary/aromatic N) is 2. The molecule has 3 rings (SSSR count). The monoisotopic (exact) mass is 308 g/mol. The van der Waals surface area contributed by atoms with Gasteiger partial charge in [-0.1, -0.05) is 12.2 Å². The van der Waals surface area contributed by atoms with Crippen molar-refractivity contribution in [2.75, 3.05) is 26.2 Å². The van der Waals surface area contributed by atoms with Crippen molar-refractivity contribution in [3.8, 4) is 0 Å². The van der Waals surface area contributed by atoms with Crippen LogP contribution in [0.25, 0.3) is 0 Å². The lowest BCUT2D eigenvalue weighted by Crippen LogP contribution is -2.51. The summed E-state index contributed by atoms with van der Waals surface area (Å²) >= 11 is 5.02. The van der Waals surface area contributed by atoms with Crippen molar-refractivity contribution in [3.63, 3.8) is 0 Å². The lowest BCUT2D eigenvalue weighted by molar-refractivity contribution is 0.116. The fourth-order valence-electron chi connectivity index (χ4n) is 2.99. The summed E-state index contributed by atoms with van der Waals surface area (Å²) in [5.41, 5.74) is 7.22. The predicted molar refractivity (Wildman–Crippen MR) is 81.5 cm³/mol. The maximum atomic E-state index is 13.5. The summed E-state index contributed by atoms with van der Waals surface area (Å²) in [6, 6.07) is 4.68. The number of hydrogen-bond donors (Lipinski definition) is 2. The molecule has 5 nitrogen and oxygen atoms in total. The highest BCUT2D eigenvalue weighted by Gasteiger charge is 2.35. The van der Waals surface area contributed by atoms with Gasteiger partial charge in [-0.05, 0) is 23.8 Å². The Morgan fingerprint density at radius 2 is 2.29 bits per heavy atom. The molecule has 0 aromatic heterocycles. The van der Waals surface area contributed by atoms with Gasteiger partial charge in [-0.15, -0.1) is 0 Å². The largest absolute Gasteiger partial charge is 0.389 e. The van der Waals surface area contributed by atoms with Gasteiger partial charge in [0.15, 0.2) is 0 Å². The number of carbonyl (C=O) groups excluding carboxylic acids is 1. The van der Waals surface area contributed by atoms with E-state index in [0.717, 1.165) is 24.2 Å². The van der Waals surface area contributed by atoms with Crippen LogP contribution in [0.15, 0.2) is 18.2 Å². The molecule has 7 heteroatoms. The molecular weight excluding hydrogens is 291 g/mol. The van der Waals surface area contributed by atoms with E-state index >= 15 is 0 Å². The molecule has 1 atom stereocenters. The summed E-state index contributed by atoms with van der Waals surface area (Å²) in [5.74, 6) is -0.290. The van der Waals surface area contributed by atoms with E-state index < -0.39 is 0 Å². The number of nitrogens with two attached hydrogens (primary N) is 1. The summed E-state index contributed by atoms with van der Waals surface area (Å²) < 4.78 is 13.5. The topological polar surface area (TPSA) is 61.6 Å². The van der Waals surface area contributed by atoms with Gasteiger partial charge in [-0.3, -0.25) is 4.90 Å². The number of fused-ring (bicyclic) bond motifs is 1. The standard InChI is InChI=1S/C14H17FN4OS/c15-10-1-2-12(13(16)21)9(5-10)7-18-3-4-19-11(8-18)6-17-14(19)20/h1-2,5,11H,3-4,6-8H2,(H2,16,21)(H,17,20). The molecule has 21 heavy (non-hydrogen) atoms. The highest BCUT2D eigenvalue weighted by Crippen LogP contribution is 2.19. The summed E-state index contributed by atoms with van der Waals surface area (Å²) in [7, 11) is 0. The summed E-state index contributed by atoms with van der Waals surface area (Å²) in [6.45, 7) is 3.47. The zero-order valence-electron chi connectivity index (χ0n) is 11.5. The molecule has 1 aromatic rings. The van der Waals surface area contributed by atoms with Crippen LogP contribution in [0.2, 0.25) is 0 Å². The highest BCUT2D eigenvalue weighted by molar-refractivity contribution is 7.80. The molecule has 2 saturated heterocycles. The number of carbonyl (C=O) groups is 1. The number of halogens is 1. The van der Waals surface area contributed by atoms with E-state index in [9.17, 15) is 9.18 Å². The van der Waals surface area contributed by atoms with Crippen LogP contribution >= 0.6 is 12.2 Å². The van der Waals surface area contributed by atoms with Crippen molar-refractivity contribution in [3.05, 3.63) is 35.1 Å². The van der Waals surface area contributed by atoms with Crippen LogP contribution in [0.1, 0.15) is 11.1 Å². The SMILES string of the molecule is NC(=S)c1ccc(F)cc1CN1CCN2C(=O)NCC2C1. The van der Waals surface area contributed by atoms with Crippen LogP contribution in [0, 0.1) is 5.82 Å². The van der Waals surface area contributed by atoms with E-state index in [0.29, 0.717) is 19.6 Å². The number of benzene rings is 1. The predicted octanol–water partition coefficient (Wildman–Crippen LogP) is 0.669. The third-order valence-corrected chi connectivity index (χ3v) is 4.26. The lowest BCUT2D eigenvalue weighted by Gasteiger charge is -2.36. The molecule has 0 aliphatic carbocycles. The molecule has 0 bridgehead atoms. The van der Waals surface area contributed by atoms with E-state index in [-0.39, 0.29) is 22.9 Å². The fourth-order valence-corrected chi connectivity index (χ4v) is 3.19. The first-order chi connectivity index (χ1) is 10.0. The van der Waals surface area contributed by atoms with E-state index in [1.54, 1.807) is 6.07 Å². The van der Waals surface area contributed by atoms with Gasteiger partial charge in [-0.2, -0.15) is 0 Å². The maximum absolute atomic E-state index is 13.5. The van der Waals surface area contributed by atoms with Gasteiger partial charge in [0, 0.05) is 38.3 Å². The van der Waals surface area contributed by atoms with Gasteiger partial charge in [0.05, 0.1) is 6.04 Å². The first-order valence-corrected chi connectivity index (χ1v) is 7.30. The highest BCUT2D eigenvalue weighted by atomic mass is 32.1. The van der Waals surface area contributed by atoms with Crippen molar-refractivity contribution in [2.45, 2.75) is 12.6 Å². The number of urea groups is 1. The molecule has 0 spiro atoms. The molecule has 3 N–H and O–H groups in total. The first kappa shape index (κ1) is 14.2. The molecule has 2 aliphatic rings. The van der Waals surface area contributed by atoms with Crippen molar-refractivity contribution < 1.29 is 9.18 Å². The first-order valence-electron chi connectivity index (χ1n) is 6.89. The molecular formula is C14H17FN4OS. The van der Waals surface area contributed by atoms with Gasteiger partial charge in [0.1, 0.15) is 10.8 Å². The maximum Gasteiger partial charge on any atom is 0.317 e. The smallest absolute Gasteiger partial charge is 0.317 e. The average Bonchev–Trinajstić information content (AvgIpc) is 2.80. The molecule has 0 saturated carbocycles. The van der Waals surface area contributed by atoms with Gasteiger partial charge in [-0.25, -0.2) is 9.18 Å². The Balaban J connectivity index is 1.74.